The Morgan fingerprint density at radius 1 is 1.23 bits per heavy atom. The highest BCUT2D eigenvalue weighted by atomic mass is 35.5. The molecular formula is C15H24ClNO4Si. The van der Waals surface area contributed by atoms with E-state index in [2.05, 4.69) is 19.6 Å². The zero-order valence-corrected chi connectivity index (χ0v) is 15.0. The summed E-state index contributed by atoms with van der Waals surface area (Å²) in [7, 11) is -1.22. The van der Waals surface area contributed by atoms with Crippen molar-refractivity contribution in [1.82, 2.24) is 0 Å². The van der Waals surface area contributed by atoms with Crippen molar-refractivity contribution in [3.8, 4) is 0 Å². The Balaban J connectivity index is 0.00000441. The highest BCUT2D eigenvalue weighted by molar-refractivity contribution is 6.76. The van der Waals surface area contributed by atoms with Crippen LogP contribution in [0.25, 0.3) is 0 Å². The lowest BCUT2D eigenvalue weighted by Gasteiger charge is -2.17. The summed E-state index contributed by atoms with van der Waals surface area (Å²) < 4.78 is 5.19. The number of carbonyl (C=O) groups excluding carboxylic acids is 1. The molecule has 0 fully saturated rings. The number of carboxylic acid groups (broad SMARTS) is 1. The van der Waals surface area contributed by atoms with Gasteiger partial charge in [-0.25, -0.2) is 4.79 Å². The van der Waals surface area contributed by atoms with Gasteiger partial charge in [0.25, 0.3) is 0 Å². The third kappa shape index (κ3) is 7.58. The van der Waals surface area contributed by atoms with Gasteiger partial charge in [-0.1, -0.05) is 31.8 Å². The molecule has 0 bridgehead atoms. The van der Waals surface area contributed by atoms with Crippen molar-refractivity contribution < 1.29 is 19.4 Å². The average Bonchev–Trinajstić information content (AvgIpc) is 2.37. The molecule has 0 saturated heterocycles. The van der Waals surface area contributed by atoms with Crippen molar-refractivity contribution in [2.75, 3.05) is 6.61 Å². The monoisotopic (exact) mass is 345 g/mol. The zero-order chi connectivity index (χ0) is 16.0. The quantitative estimate of drug-likeness (QED) is 0.585. The van der Waals surface area contributed by atoms with E-state index in [0.717, 1.165) is 11.6 Å². The second-order valence-electron chi connectivity index (χ2n) is 6.29. The van der Waals surface area contributed by atoms with Crippen molar-refractivity contribution in [1.29, 1.82) is 0 Å². The number of benzene rings is 1. The number of esters is 1. The van der Waals surface area contributed by atoms with Crippen molar-refractivity contribution in [3.63, 3.8) is 0 Å². The summed E-state index contributed by atoms with van der Waals surface area (Å²) in [6, 6.07) is 6.53. The summed E-state index contributed by atoms with van der Waals surface area (Å²) in [6.45, 7) is 7.06. The van der Waals surface area contributed by atoms with Crippen molar-refractivity contribution in [2.24, 2.45) is 5.73 Å². The Labute approximate surface area is 138 Å². The normalized spacial score (nSPS) is 12.2. The number of hydrogen-bond acceptors (Lipinski definition) is 4. The molecule has 1 aromatic carbocycles. The minimum atomic E-state index is -1.22. The Morgan fingerprint density at radius 3 is 2.23 bits per heavy atom. The molecule has 5 nitrogen and oxygen atoms in total. The first-order valence-electron chi connectivity index (χ1n) is 6.93. The molecule has 0 aliphatic rings. The first-order chi connectivity index (χ1) is 9.69. The van der Waals surface area contributed by atoms with E-state index in [1.807, 2.05) is 0 Å². The van der Waals surface area contributed by atoms with Crippen LogP contribution < -0.4 is 5.73 Å². The van der Waals surface area contributed by atoms with Crippen LogP contribution in [0.4, 0.5) is 0 Å². The predicted molar refractivity (Wildman–Crippen MR) is 91.4 cm³/mol. The molecule has 0 spiro atoms. The molecular weight excluding hydrogens is 322 g/mol. The number of carboxylic acids is 1. The van der Waals surface area contributed by atoms with Gasteiger partial charge in [0, 0.05) is 8.07 Å². The molecule has 7 heteroatoms. The molecule has 1 aromatic rings. The van der Waals surface area contributed by atoms with Gasteiger partial charge in [-0.2, -0.15) is 0 Å². The molecule has 0 radical (unpaired) electrons. The van der Waals surface area contributed by atoms with Crippen molar-refractivity contribution in [2.45, 2.75) is 38.1 Å². The molecule has 0 aliphatic heterocycles. The Morgan fingerprint density at radius 2 is 1.77 bits per heavy atom. The third-order valence-electron chi connectivity index (χ3n) is 3.06. The zero-order valence-electron chi connectivity index (χ0n) is 13.2. The molecule has 1 atom stereocenters. The molecule has 1 rings (SSSR count). The maximum atomic E-state index is 11.8. The van der Waals surface area contributed by atoms with Gasteiger partial charge in [0.15, 0.2) is 0 Å². The van der Waals surface area contributed by atoms with Gasteiger partial charge in [-0.15, -0.1) is 12.4 Å². The summed E-state index contributed by atoms with van der Waals surface area (Å²) in [4.78, 5) is 22.5. The van der Waals surface area contributed by atoms with Crippen LogP contribution in [0.15, 0.2) is 24.3 Å². The van der Waals surface area contributed by atoms with Crippen LogP contribution >= 0.6 is 12.4 Å². The maximum Gasteiger partial charge on any atom is 0.335 e. The van der Waals surface area contributed by atoms with E-state index >= 15 is 0 Å². The highest BCUT2D eigenvalue weighted by Gasteiger charge is 2.18. The second kappa shape index (κ2) is 8.92. The van der Waals surface area contributed by atoms with Crippen LogP contribution in [-0.2, 0) is 16.0 Å². The fourth-order valence-corrected chi connectivity index (χ4v) is 2.40. The van der Waals surface area contributed by atoms with E-state index in [0.29, 0.717) is 13.0 Å². The van der Waals surface area contributed by atoms with Gasteiger partial charge in [0.05, 0.1) is 12.2 Å². The highest BCUT2D eigenvalue weighted by Crippen LogP contribution is 2.10. The van der Waals surface area contributed by atoms with Gasteiger partial charge >= 0.3 is 11.9 Å². The van der Waals surface area contributed by atoms with Crippen LogP contribution in [0.3, 0.4) is 0 Å². The molecule has 22 heavy (non-hydrogen) atoms. The maximum absolute atomic E-state index is 11.8. The Bertz CT molecular complexity index is 499. The van der Waals surface area contributed by atoms with E-state index in [1.54, 1.807) is 12.1 Å². The first-order valence-corrected chi connectivity index (χ1v) is 10.6. The number of rotatable bonds is 7. The SMILES string of the molecule is C[Si](C)(C)CCOC(=O)C(N)Cc1ccc(C(=O)O)cc1.Cl. The summed E-state index contributed by atoms with van der Waals surface area (Å²) in [6.07, 6.45) is 0.339. The number of nitrogens with two attached hydrogens (primary N) is 1. The lowest BCUT2D eigenvalue weighted by atomic mass is 10.0. The first kappa shape index (κ1) is 20.6. The standard InChI is InChI=1S/C15H23NO4Si.ClH/c1-21(2,3)9-8-20-15(19)13(16)10-11-4-6-12(7-5-11)14(17)18;/h4-7,13H,8-10,16H2,1-3H3,(H,17,18);1H. The molecule has 0 amide bonds. The second-order valence-corrected chi connectivity index (χ2v) is 11.9. The number of ether oxygens (including phenoxy) is 1. The average molecular weight is 346 g/mol. The van der Waals surface area contributed by atoms with Gasteiger partial charge in [0.1, 0.15) is 6.04 Å². The topological polar surface area (TPSA) is 89.6 Å². The molecule has 124 valence electrons. The Hall–Kier alpha value is -1.37. The predicted octanol–water partition coefficient (Wildman–Crippen LogP) is 2.56. The molecule has 3 N–H and O–H groups in total. The van der Waals surface area contributed by atoms with E-state index in [4.69, 9.17) is 15.6 Å². The fourth-order valence-electron chi connectivity index (χ4n) is 1.69. The van der Waals surface area contributed by atoms with E-state index in [-0.39, 0.29) is 18.0 Å². The summed E-state index contributed by atoms with van der Waals surface area (Å²) in [5, 5.41) is 8.81. The molecule has 0 aliphatic carbocycles. The number of carbonyl (C=O) groups is 2. The lowest BCUT2D eigenvalue weighted by Crippen LogP contribution is -2.35. The van der Waals surface area contributed by atoms with Crippen LogP contribution in [0.5, 0.6) is 0 Å². The minimum Gasteiger partial charge on any atom is -0.478 e. The van der Waals surface area contributed by atoms with Gasteiger partial charge in [-0.05, 0) is 30.2 Å². The van der Waals surface area contributed by atoms with Gasteiger partial charge in [0.2, 0.25) is 0 Å². The fraction of sp³-hybridized carbons (Fsp3) is 0.467. The number of aromatic carboxylic acids is 1. The summed E-state index contributed by atoms with van der Waals surface area (Å²) in [5.41, 5.74) is 6.84. The summed E-state index contributed by atoms with van der Waals surface area (Å²) >= 11 is 0. The van der Waals surface area contributed by atoms with Gasteiger partial charge < -0.3 is 15.6 Å². The largest absolute Gasteiger partial charge is 0.478 e. The number of halogens is 1. The molecule has 0 saturated carbocycles. The molecule has 1 unspecified atom stereocenters. The molecule has 0 aromatic heterocycles. The summed E-state index contributed by atoms with van der Waals surface area (Å²) in [5.74, 6) is -1.38. The van der Waals surface area contributed by atoms with Crippen LogP contribution in [0.1, 0.15) is 15.9 Å². The smallest absolute Gasteiger partial charge is 0.335 e. The van der Waals surface area contributed by atoms with Crippen LogP contribution in [-0.4, -0.2) is 37.8 Å². The van der Waals surface area contributed by atoms with E-state index in [1.165, 1.54) is 12.1 Å². The van der Waals surface area contributed by atoms with Crippen molar-refractivity contribution in [3.05, 3.63) is 35.4 Å². The van der Waals surface area contributed by atoms with E-state index < -0.39 is 26.1 Å². The number of hydrogen-bond donors (Lipinski definition) is 2. The van der Waals surface area contributed by atoms with Crippen LogP contribution in [0.2, 0.25) is 25.7 Å². The van der Waals surface area contributed by atoms with Gasteiger partial charge in [-0.3, -0.25) is 4.79 Å². The van der Waals surface area contributed by atoms with Crippen molar-refractivity contribution >= 4 is 32.4 Å². The third-order valence-corrected chi connectivity index (χ3v) is 4.76. The minimum absolute atomic E-state index is 0. The Kier molecular flexibility index (Phi) is 8.37. The lowest BCUT2D eigenvalue weighted by molar-refractivity contribution is -0.144. The van der Waals surface area contributed by atoms with Crippen LogP contribution in [0, 0.1) is 0 Å². The van der Waals surface area contributed by atoms with E-state index in [9.17, 15) is 9.59 Å². The molecule has 0 heterocycles.